The van der Waals surface area contributed by atoms with E-state index in [0.29, 0.717) is 29.0 Å². The second-order valence-corrected chi connectivity index (χ2v) is 4.74. The van der Waals surface area contributed by atoms with Gasteiger partial charge in [-0.05, 0) is 25.0 Å². The molecule has 0 spiro atoms. The van der Waals surface area contributed by atoms with Crippen LogP contribution >= 0.6 is 0 Å². The summed E-state index contributed by atoms with van der Waals surface area (Å²) in [7, 11) is 0. The Kier molecular flexibility index (Phi) is 2.40. The monoisotopic (exact) mass is 231 g/mol. The molecule has 88 valence electrons. The minimum Gasteiger partial charge on any atom is -0.377 e. The highest BCUT2D eigenvalue weighted by molar-refractivity contribution is 5.78. The number of nitrogens with zero attached hydrogens (tertiary/aromatic N) is 1. The number of halogens is 1. The van der Waals surface area contributed by atoms with Gasteiger partial charge in [-0.15, -0.1) is 0 Å². The quantitative estimate of drug-likeness (QED) is 0.721. The fraction of sp³-hybridized carbons (Fsp3) is 0.462. The molecule has 1 aromatic rings. The van der Waals surface area contributed by atoms with Gasteiger partial charge in [-0.25, -0.2) is 4.39 Å². The van der Waals surface area contributed by atoms with E-state index < -0.39 is 0 Å². The van der Waals surface area contributed by atoms with Gasteiger partial charge in [0.15, 0.2) is 0 Å². The summed E-state index contributed by atoms with van der Waals surface area (Å²) in [5, 5.41) is 15.6. The first-order valence-corrected chi connectivity index (χ1v) is 6.05. The number of rotatable bonds is 0. The molecule has 17 heavy (non-hydrogen) atoms. The molecule has 1 fully saturated rings. The Morgan fingerprint density at radius 1 is 1.12 bits per heavy atom. The summed E-state index contributed by atoms with van der Waals surface area (Å²) in [6.07, 6.45) is 4.53. The lowest BCUT2D eigenvalue weighted by molar-refractivity contribution is 0.416. The van der Waals surface area contributed by atoms with Gasteiger partial charge in [-0.3, -0.25) is 0 Å². The molecule has 1 heterocycles. The van der Waals surface area contributed by atoms with E-state index in [1.165, 1.54) is 25.0 Å². The largest absolute Gasteiger partial charge is 0.377 e. The smallest absolute Gasteiger partial charge is 0.148 e. The molecule has 1 saturated carbocycles. The average Bonchev–Trinajstić information content (AvgIpc) is 2.38. The van der Waals surface area contributed by atoms with Crippen LogP contribution < -0.4 is 10.6 Å². The first-order chi connectivity index (χ1) is 8.29. The van der Waals surface area contributed by atoms with Crippen LogP contribution in [0.25, 0.3) is 0 Å². The maximum Gasteiger partial charge on any atom is 0.148 e. The number of benzene rings is 1. The highest BCUT2D eigenvalue weighted by atomic mass is 19.1. The molecule has 0 aromatic heterocycles. The van der Waals surface area contributed by atoms with Gasteiger partial charge < -0.3 is 10.6 Å². The molecule has 4 heteroatoms. The van der Waals surface area contributed by atoms with E-state index in [1.54, 1.807) is 0 Å². The summed E-state index contributed by atoms with van der Waals surface area (Å²) in [4.78, 5) is 0. The highest BCUT2D eigenvalue weighted by Gasteiger charge is 2.32. The molecular weight excluding hydrogens is 217 g/mol. The van der Waals surface area contributed by atoms with Crippen LogP contribution in [0.3, 0.4) is 0 Å². The molecule has 1 aliphatic carbocycles. The molecule has 3 rings (SSSR count). The van der Waals surface area contributed by atoms with Gasteiger partial charge in [0, 0.05) is 12.1 Å². The lowest BCUT2D eigenvalue weighted by Gasteiger charge is -2.39. The number of nitriles is 1. The molecule has 0 bridgehead atoms. The van der Waals surface area contributed by atoms with E-state index in [-0.39, 0.29) is 5.82 Å². The van der Waals surface area contributed by atoms with E-state index >= 15 is 0 Å². The fourth-order valence-electron chi connectivity index (χ4n) is 2.81. The van der Waals surface area contributed by atoms with Crippen molar-refractivity contribution in [3.63, 3.8) is 0 Å². The number of anilines is 2. The van der Waals surface area contributed by atoms with Crippen LogP contribution in [0, 0.1) is 17.1 Å². The minimum atomic E-state index is -0.282. The molecule has 0 saturated heterocycles. The standard InChI is InChI=1S/C13H14FN3/c14-9-6-5-8(7-15)12-13(9)17-11-4-2-1-3-10(11)16-12/h5-6,10-11,16-17H,1-4H2. The second-order valence-electron chi connectivity index (χ2n) is 4.74. The first kappa shape index (κ1) is 10.4. The summed E-state index contributed by atoms with van der Waals surface area (Å²) in [6.45, 7) is 0. The van der Waals surface area contributed by atoms with E-state index in [9.17, 15) is 4.39 Å². The Hall–Kier alpha value is -1.76. The van der Waals surface area contributed by atoms with Crippen molar-refractivity contribution in [1.29, 1.82) is 5.26 Å². The zero-order valence-electron chi connectivity index (χ0n) is 9.46. The predicted molar refractivity (Wildman–Crippen MR) is 64.4 cm³/mol. The van der Waals surface area contributed by atoms with Gasteiger partial charge in [0.1, 0.15) is 11.9 Å². The van der Waals surface area contributed by atoms with Gasteiger partial charge in [0.05, 0.1) is 16.9 Å². The molecule has 1 aromatic carbocycles. The zero-order valence-corrected chi connectivity index (χ0v) is 9.46. The maximum atomic E-state index is 13.7. The Morgan fingerprint density at radius 3 is 2.41 bits per heavy atom. The Balaban J connectivity index is 2.04. The van der Waals surface area contributed by atoms with E-state index in [4.69, 9.17) is 5.26 Å². The first-order valence-electron chi connectivity index (χ1n) is 6.05. The third kappa shape index (κ3) is 1.62. The maximum absolute atomic E-state index is 13.7. The zero-order chi connectivity index (χ0) is 11.8. The topological polar surface area (TPSA) is 47.9 Å². The molecule has 2 aliphatic rings. The summed E-state index contributed by atoms with van der Waals surface area (Å²) in [5.74, 6) is -0.282. The van der Waals surface area contributed by atoms with E-state index in [1.807, 2.05) is 0 Å². The van der Waals surface area contributed by atoms with Crippen molar-refractivity contribution in [2.45, 2.75) is 37.8 Å². The minimum absolute atomic E-state index is 0.282. The molecule has 0 amide bonds. The van der Waals surface area contributed by atoms with Crippen LogP contribution in [0.5, 0.6) is 0 Å². The van der Waals surface area contributed by atoms with Crippen LogP contribution in [0.2, 0.25) is 0 Å². The third-order valence-electron chi connectivity index (χ3n) is 3.70. The summed E-state index contributed by atoms with van der Waals surface area (Å²) in [5.41, 5.74) is 1.61. The van der Waals surface area contributed by atoms with E-state index in [2.05, 4.69) is 16.7 Å². The fourth-order valence-corrected chi connectivity index (χ4v) is 2.81. The molecule has 2 N–H and O–H groups in total. The normalized spacial score (nSPS) is 25.9. The van der Waals surface area contributed by atoms with Gasteiger partial charge in [0.25, 0.3) is 0 Å². The van der Waals surface area contributed by atoms with Gasteiger partial charge in [-0.1, -0.05) is 12.8 Å². The van der Waals surface area contributed by atoms with Crippen LogP contribution in [-0.4, -0.2) is 12.1 Å². The van der Waals surface area contributed by atoms with Crippen LogP contribution in [0.4, 0.5) is 15.8 Å². The molecule has 0 radical (unpaired) electrons. The van der Waals surface area contributed by atoms with Gasteiger partial charge >= 0.3 is 0 Å². The van der Waals surface area contributed by atoms with Crippen molar-refractivity contribution in [2.75, 3.05) is 10.6 Å². The van der Waals surface area contributed by atoms with Gasteiger partial charge in [0.2, 0.25) is 0 Å². The molecule has 2 unspecified atom stereocenters. The van der Waals surface area contributed by atoms with Crippen molar-refractivity contribution < 1.29 is 4.39 Å². The SMILES string of the molecule is N#Cc1ccc(F)c2c1NC1CCCCC1N2. The highest BCUT2D eigenvalue weighted by Crippen LogP contribution is 2.37. The van der Waals surface area contributed by atoms with Crippen molar-refractivity contribution in [3.05, 3.63) is 23.5 Å². The number of hydrogen-bond acceptors (Lipinski definition) is 3. The van der Waals surface area contributed by atoms with Crippen LogP contribution in [0.1, 0.15) is 31.2 Å². The predicted octanol–water partition coefficient (Wildman–Crippen LogP) is 2.85. The lowest BCUT2D eigenvalue weighted by atomic mass is 9.87. The summed E-state index contributed by atoms with van der Waals surface area (Å²) < 4.78 is 13.7. The number of fused-ring (bicyclic) bond motifs is 2. The van der Waals surface area contributed by atoms with Gasteiger partial charge in [-0.2, -0.15) is 5.26 Å². The van der Waals surface area contributed by atoms with Crippen molar-refractivity contribution >= 4 is 11.4 Å². The van der Waals surface area contributed by atoms with Crippen LogP contribution in [0.15, 0.2) is 12.1 Å². The van der Waals surface area contributed by atoms with E-state index in [0.717, 1.165) is 12.8 Å². The van der Waals surface area contributed by atoms with Crippen molar-refractivity contribution in [2.24, 2.45) is 0 Å². The third-order valence-corrected chi connectivity index (χ3v) is 3.70. The van der Waals surface area contributed by atoms with Crippen molar-refractivity contribution in [1.82, 2.24) is 0 Å². The molecule has 3 nitrogen and oxygen atoms in total. The lowest BCUT2D eigenvalue weighted by Crippen LogP contribution is -2.45. The second kappa shape index (κ2) is 3.92. The van der Waals surface area contributed by atoms with Crippen molar-refractivity contribution in [3.8, 4) is 6.07 Å². The molecular formula is C13H14FN3. The number of hydrogen-bond donors (Lipinski definition) is 2. The number of nitrogens with one attached hydrogen (secondary N) is 2. The summed E-state index contributed by atoms with van der Waals surface area (Å²) >= 11 is 0. The molecule has 1 aliphatic heterocycles. The van der Waals surface area contributed by atoms with Crippen LogP contribution in [-0.2, 0) is 0 Å². The molecule has 2 atom stereocenters. The Labute approximate surface area is 99.6 Å². The summed E-state index contributed by atoms with van der Waals surface area (Å²) in [6, 6.07) is 5.61. The Morgan fingerprint density at radius 2 is 1.76 bits per heavy atom. The Bertz CT molecular complexity index is 492. The average molecular weight is 231 g/mol.